The van der Waals surface area contributed by atoms with Gasteiger partial charge in [0.1, 0.15) is 0 Å². The van der Waals surface area contributed by atoms with Crippen LogP contribution >= 0.6 is 0 Å². The molecule has 0 bridgehead atoms. The van der Waals surface area contributed by atoms with Crippen LogP contribution in [0.15, 0.2) is 0 Å². The molecule has 0 aliphatic heterocycles. The van der Waals surface area contributed by atoms with Gasteiger partial charge >= 0.3 is 0 Å². The van der Waals surface area contributed by atoms with E-state index in [2.05, 4.69) is 6.92 Å². The molecule has 0 saturated heterocycles. The van der Waals surface area contributed by atoms with Crippen molar-refractivity contribution in [2.24, 2.45) is 5.92 Å². The molecule has 0 radical (unpaired) electrons. The monoisotopic (exact) mass is 142 g/mol. The van der Waals surface area contributed by atoms with Crippen LogP contribution in [-0.4, -0.2) is 10.7 Å². The molecule has 1 rings (SSSR count). The molecule has 0 aromatic rings. The molecule has 1 saturated carbocycles. The van der Waals surface area contributed by atoms with Crippen LogP contribution in [0.5, 0.6) is 0 Å². The van der Waals surface area contributed by atoms with Gasteiger partial charge in [-0.1, -0.05) is 26.2 Å². The van der Waals surface area contributed by atoms with Crippen molar-refractivity contribution in [2.75, 3.05) is 0 Å². The summed E-state index contributed by atoms with van der Waals surface area (Å²) in [4.78, 5) is 0. The molecule has 10 heavy (non-hydrogen) atoms. The molecule has 0 aromatic heterocycles. The molecule has 1 nitrogen and oxygen atoms in total. The highest BCUT2D eigenvalue weighted by atomic mass is 16.3. The van der Waals surface area contributed by atoms with Crippen molar-refractivity contribution in [1.29, 1.82) is 0 Å². The molecule has 1 fully saturated rings. The molecular formula is C9H18O. The zero-order valence-corrected chi connectivity index (χ0v) is 7.06. The number of aliphatic hydroxyl groups is 1. The fourth-order valence-electron chi connectivity index (χ4n) is 1.49. The Morgan fingerprint density at radius 1 is 1.50 bits per heavy atom. The van der Waals surface area contributed by atoms with E-state index in [4.69, 9.17) is 0 Å². The van der Waals surface area contributed by atoms with Crippen molar-refractivity contribution < 1.29 is 5.11 Å². The average Bonchev–Trinajstić information content (AvgIpc) is 2.41. The Kier molecular flexibility index (Phi) is 2.35. The lowest BCUT2D eigenvalue weighted by molar-refractivity contribution is 0.149. The minimum atomic E-state index is -0.284. The van der Waals surface area contributed by atoms with Crippen LogP contribution in [-0.2, 0) is 0 Å². The lowest BCUT2D eigenvalue weighted by Gasteiger charge is -2.00. The summed E-state index contributed by atoms with van der Waals surface area (Å²) < 4.78 is 0. The summed E-state index contributed by atoms with van der Waals surface area (Å²) in [6.45, 7) is 4.16. The van der Waals surface area contributed by atoms with Gasteiger partial charge in [0.25, 0.3) is 0 Å². The van der Waals surface area contributed by atoms with E-state index in [1.807, 2.05) is 6.92 Å². The molecule has 0 aromatic carbocycles. The Labute approximate surface area is 63.4 Å². The van der Waals surface area contributed by atoms with Crippen molar-refractivity contribution >= 4 is 0 Å². The van der Waals surface area contributed by atoms with Crippen LogP contribution in [0.2, 0.25) is 0 Å². The van der Waals surface area contributed by atoms with Gasteiger partial charge in [0.05, 0.1) is 5.60 Å². The Hall–Kier alpha value is -0.0400. The van der Waals surface area contributed by atoms with E-state index in [0.717, 1.165) is 6.42 Å². The molecule has 2 atom stereocenters. The Bertz CT molecular complexity index is 107. The largest absolute Gasteiger partial charge is 0.390 e. The predicted octanol–water partition coefficient (Wildman–Crippen LogP) is 2.34. The average molecular weight is 142 g/mol. The van der Waals surface area contributed by atoms with Gasteiger partial charge < -0.3 is 5.11 Å². The zero-order valence-electron chi connectivity index (χ0n) is 7.06. The number of hydrogen-bond acceptors (Lipinski definition) is 1. The van der Waals surface area contributed by atoms with Gasteiger partial charge in [0.2, 0.25) is 0 Å². The number of hydrogen-bond donors (Lipinski definition) is 1. The molecule has 60 valence electrons. The van der Waals surface area contributed by atoms with Crippen LogP contribution in [0, 0.1) is 5.92 Å². The second kappa shape index (κ2) is 2.91. The van der Waals surface area contributed by atoms with Gasteiger partial charge in [-0.3, -0.25) is 0 Å². The lowest BCUT2D eigenvalue weighted by Crippen LogP contribution is -2.02. The van der Waals surface area contributed by atoms with Crippen LogP contribution in [0.3, 0.4) is 0 Å². The highest BCUT2D eigenvalue weighted by Gasteiger charge is 2.47. The summed E-state index contributed by atoms with van der Waals surface area (Å²) in [7, 11) is 0. The third-order valence-corrected chi connectivity index (χ3v) is 2.54. The van der Waals surface area contributed by atoms with Gasteiger partial charge in [-0.05, 0) is 25.7 Å². The fourth-order valence-corrected chi connectivity index (χ4v) is 1.49. The van der Waals surface area contributed by atoms with Crippen LogP contribution < -0.4 is 0 Å². The van der Waals surface area contributed by atoms with Crippen molar-refractivity contribution in [3.8, 4) is 0 Å². The molecular weight excluding hydrogens is 124 g/mol. The van der Waals surface area contributed by atoms with E-state index >= 15 is 0 Å². The molecule has 0 amide bonds. The first-order valence-corrected chi connectivity index (χ1v) is 4.39. The zero-order chi connectivity index (χ0) is 7.61. The first-order valence-electron chi connectivity index (χ1n) is 4.39. The Balaban J connectivity index is 1.97. The van der Waals surface area contributed by atoms with E-state index in [1.165, 1.54) is 25.7 Å². The van der Waals surface area contributed by atoms with E-state index in [0.29, 0.717) is 5.92 Å². The van der Waals surface area contributed by atoms with Gasteiger partial charge in [-0.15, -0.1) is 0 Å². The fraction of sp³-hybridized carbons (Fsp3) is 1.00. The Morgan fingerprint density at radius 2 is 2.10 bits per heavy atom. The first-order chi connectivity index (χ1) is 4.67. The SMILES string of the molecule is CCCCC[C@H]1C[C@]1(C)O. The normalized spacial score (nSPS) is 38.1. The maximum absolute atomic E-state index is 9.39. The molecule has 1 aliphatic carbocycles. The first kappa shape index (κ1) is 8.06. The maximum atomic E-state index is 9.39. The predicted molar refractivity (Wildman–Crippen MR) is 42.9 cm³/mol. The van der Waals surface area contributed by atoms with Gasteiger partial charge in [-0.25, -0.2) is 0 Å². The molecule has 0 spiro atoms. The van der Waals surface area contributed by atoms with Crippen LogP contribution in [0.25, 0.3) is 0 Å². The minimum Gasteiger partial charge on any atom is -0.390 e. The quantitative estimate of drug-likeness (QED) is 0.597. The summed E-state index contributed by atoms with van der Waals surface area (Å²) in [5.41, 5.74) is -0.284. The summed E-state index contributed by atoms with van der Waals surface area (Å²) in [5.74, 6) is 0.624. The maximum Gasteiger partial charge on any atom is 0.0652 e. The van der Waals surface area contributed by atoms with Crippen molar-refractivity contribution in [2.45, 2.75) is 51.6 Å². The van der Waals surface area contributed by atoms with Gasteiger partial charge in [0.15, 0.2) is 0 Å². The van der Waals surface area contributed by atoms with E-state index < -0.39 is 0 Å². The highest BCUT2D eigenvalue weighted by Crippen LogP contribution is 2.45. The number of unbranched alkanes of at least 4 members (excludes halogenated alkanes) is 2. The van der Waals surface area contributed by atoms with Gasteiger partial charge in [0, 0.05) is 0 Å². The summed E-state index contributed by atoms with van der Waals surface area (Å²) in [6, 6.07) is 0. The Morgan fingerprint density at radius 3 is 2.50 bits per heavy atom. The lowest BCUT2D eigenvalue weighted by atomic mass is 10.1. The van der Waals surface area contributed by atoms with Crippen molar-refractivity contribution in [3.63, 3.8) is 0 Å². The summed E-state index contributed by atoms with van der Waals surface area (Å²) in [6.07, 6.45) is 6.19. The molecule has 1 aliphatic rings. The number of rotatable bonds is 4. The summed E-state index contributed by atoms with van der Waals surface area (Å²) >= 11 is 0. The highest BCUT2D eigenvalue weighted by molar-refractivity contribution is 4.98. The van der Waals surface area contributed by atoms with E-state index in [-0.39, 0.29) is 5.60 Å². The van der Waals surface area contributed by atoms with Crippen molar-refractivity contribution in [3.05, 3.63) is 0 Å². The summed E-state index contributed by atoms with van der Waals surface area (Å²) in [5, 5.41) is 9.39. The molecule has 1 N–H and O–H groups in total. The molecule has 0 heterocycles. The third-order valence-electron chi connectivity index (χ3n) is 2.54. The molecule has 0 unspecified atom stereocenters. The topological polar surface area (TPSA) is 20.2 Å². The standard InChI is InChI=1S/C9H18O/c1-3-4-5-6-8-7-9(8,2)10/h8,10H,3-7H2,1-2H3/t8-,9-/m0/s1. The van der Waals surface area contributed by atoms with E-state index in [9.17, 15) is 5.11 Å². The molecule has 1 heteroatoms. The third kappa shape index (κ3) is 1.98. The van der Waals surface area contributed by atoms with Crippen LogP contribution in [0.4, 0.5) is 0 Å². The van der Waals surface area contributed by atoms with Crippen LogP contribution in [0.1, 0.15) is 46.0 Å². The van der Waals surface area contributed by atoms with Gasteiger partial charge in [-0.2, -0.15) is 0 Å². The van der Waals surface area contributed by atoms with Crippen molar-refractivity contribution in [1.82, 2.24) is 0 Å². The second-order valence-corrected chi connectivity index (χ2v) is 3.75. The smallest absolute Gasteiger partial charge is 0.0652 e. The van der Waals surface area contributed by atoms with E-state index in [1.54, 1.807) is 0 Å². The minimum absolute atomic E-state index is 0.284. The second-order valence-electron chi connectivity index (χ2n) is 3.75.